The number of carbonyl (C=O) groups excluding carboxylic acids is 1. The fourth-order valence-corrected chi connectivity index (χ4v) is 2.13. The van der Waals surface area contributed by atoms with E-state index in [9.17, 15) is 4.79 Å². The molecule has 1 N–H and O–H groups in total. The fourth-order valence-electron chi connectivity index (χ4n) is 2.13. The highest BCUT2D eigenvalue weighted by Gasteiger charge is 2.17. The third kappa shape index (κ3) is 2.85. The molecule has 1 aliphatic heterocycles. The minimum absolute atomic E-state index is 0.230. The average Bonchev–Trinajstić information content (AvgIpc) is 3.10. The Bertz CT molecular complexity index is 541. The second-order valence-corrected chi connectivity index (χ2v) is 4.52. The van der Waals surface area contributed by atoms with E-state index in [0.717, 1.165) is 26.0 Å². The summed E-state index contributed by atoms with van der Waals surface area (Å²) < 4.78 is 12.4. The number of nitrogens with one attached hydrogen (secondary N) is 1. The SMILES string of the molecule is O=C(Nc1cnn(CC2CCCO2)c1)c1ccco1. The smallest absolute Gasteiger partial charge is 0.291 e. The lowest BCUT2D eigenvalue weighted by Gasteiger charge is -2.08. The van der Waals surface area contributed by atoms with Crippen LogP contribution < -0.4 is 5.32 Å². The first kappa shape index (κ1) is 12.0. The van der Waals surface area contributed by atoms with Crippen LogP contribution in [0.15, 0.2) is 35.2 Å². The average molecular weight is 261 g/mol. The van der Waals surface area contributed by atoms with Crippen molar-refractivity contribution in [2.75, 3.05) is 11.9 Å². The minimum Gasteiger partial charge on any atom is -0.459 e. The predicted octanol–water partition coefficient (Wildman–Crippen LogP) is 1.91. The van der Waals surface area contributed by atoms with E-state index in [1.165, 1.54) is 6.26 Å². The van der Waals surface area contributed by atoms with Crippen LogP contribution in [0.5, 0.6) is 0 Å². The van der Waals surface area contributed by atoms with Crippen LogP contribution in [-0.2, 0) is 11.3 Å². The Balaban J connectivity index is 1.60. The zero-order valence-electron chi connectivity index (χ0n) is 10.4. The van der Waals surface area contributed by atoms with Crippen molar-refractivity contribution in [2.45, 2.75) is 25.5 Å². The second-order valence-electron chi connectivity index (χ2n) is 4.52. The van der Waals surface area contributed by atoms with Crippen LogP contribution in [0.2, 0.25) is 0 Å². The lowest BCUT2D eigenvalue weighted by Crippen LogP contribution is -2.15. The quantitative estimate of drug-likeness (QED) is 0.912. The molecule has 1 aliphatic rings. The van der Waals surface area contributed by atoms with Crippen LogP contribution in [0.3, 0.4) is 0 Å². The standard InChI is InChI=1S/C13H15N3O3/c17-13(12-4-2-6-19-12)15-10-7-14-16(8-10)9-11-3-1-5-18-11/h2,4,6-8,11H,1,3,5,9H2,(H,15,17). The molecule has 1 saturated heterocycles. The molecule has 1 unspecified atom stereocenters. The van der Waals surface area contributed by atoms with Crippen molar-refractivity contribution >= 4 is 11.6 Å². The first-order chi connectivity index (χ1) is 9.31. The number of aromatic nitrogens is 2. The molecule has 1 atom stereocenters. The van der Waals surface area contributed by atoms with Crippen molar-refractivity contribution in [2.24, 2.45) is 0 Å². The molecule has 0 aliphatic carbocycles. The molecule has 6 heteroatoms. The van der Waals surface area contributed by atoms with E-state index < -0.39 is 0 Å². The van der Waals surface area contributed by atoms with Crippen LogP contribution in [0.25, 0.3) is 0 Å². The summed E-state index contributed by atoms with van der Waals surface area (Å²) >= 11 is 0. The topological polar surface area (TPSA) is 69.3 Å². The summed E-state index contributed by atoms with van der Waals surface area (Å²) in [4.78, 5) is 11.8. The first-order valence-electron chi connectivity index (χ1n) is 6.30. The summed E-state index contributed by atoms with van der Waals surface area (Å²) in [5.74, 6) is 0.00791. The van der Waals surface area contributed by atoms with Gasteiger partial charge in [-0.15, -0.1) is 0 Å². The number of rotatable bonds is 4. The van der Waals surface area contributed by atoms with Gasteiger partial charge in [-0.25, -0.2) is 0 Å². The molecule has 0 saturated carbocycles. The largest absolute Gasteiger partial charge is 0.459 e. The van der Waals surface area contributed by atoms with Crippen LogP contribution in [-0.4, -0.2) is 28.4 Å². The Morgan fingerprint density at radius 2 is 2.53 bits per heavy atom. The van der Waals surface area contributed by atoms with E-state index in [-0.39, 0.29) is 17.8 Å². The molecular formula is C13H15N3O3. The Morgan fingerprint density at radius 3 is 3.26 bits per heavy atom. The molecule has 2 aromatic heterocycles. The van der Waals surface area contributed by atoms with Crippen molar-refractivity contribution in [3.63, 3.8) is 0 Å². The highest BCUT2D eigenvalue weighted by molar-refractivity contribution is 6.02. The lowest BCUT2D eigenvalue weighted by atomic mass is 10.2. The third-order valence-electron chi connectivity index (χ3n) is 3.05. The van der Waals surface area contributed by atoms with Crippen LogP contribution >= 0.6 is 0 Å². The van der Waals surface area contributed by atoms with Crippen molar-refractivity contribution < 1.29 is 13.9 Å². The maximum atomic E-state index is 11.8. The number of anilines is 1. The summed E-state index contributed by atoms with van der Waals surface area (Å²) in [7, 11) is 0. The maximum Gasteiger partial charge on any atom is 0.291 e. The van der Waals surface area contributed by atoms with Crippen molar-refractivity contribution in [3.05, 3.63) is 36.5 Å². The highest BCUT2D eigenvalue weighted by Crippen LogP contribution is 2.15. The molecule has 1 fully saturated rings. The van der Waals surface area contributed by atoms with Gasteiger partial charge < -0.3 is 14.5 Å². The molecule has 3 heterocycles. The van der Waals surface area contributed by atoms with E-state index in [2.05, 4.69) is 10.4 Å². The molecule has 6 nitrogen and oxygen atoms in total. The number of furan rings is 1. The number of hydrogen-bond acceptors (Lipinski definition) is 4. The van der Waals surface area contributed by atoms with Crippen LogP contribution in [0, 0.1) is 0 Å². The molecule has 0 bridgehead atoms. The Labute approximate surface area is 110 Å². The molecule has 19 heavy (non-hydrogen) atoms. The van der Waals surface area contributed by atoms with Gasteiger partial charge in [-0.1, -0.05) is 0 Å². The summed E-state index contributed by atoms with van der Waals surface area (Å²) in [5, 5.41) is 6.94. The summed E-state index contributed by atoms with van der Waals surface area (Å²) in [6.07, 6.45) is 7.28. The first-order valence-corrected chi connectivity index (χ1v) is 6.30. The third-order valence-corrected chi connectivity index (χ3v) is 3.05. The van der Waals surface area contributed by atoms with Gasteiger partial charge in [0.05, 0.1) is 30.8 Å². The van der Waals surface area contributed by atoms with Gasteiger partial charge in [0, 0.05) is 12.8 Å². The van der Waals surface area contributed by atoms with E-state index >= 15 is 0 Å². The van der Waals surface area contributed by atoms with Gasteiger partial charge in [-0.3, -0.25) is 9.48 Å². The minimum atomic E-state index is -0.276. The van der Waals surface area contributed by atoms with E-state index in [1.54, 1.807) is 29.2 Å². The van der Waals surface area contributed by atoms with E-state index in [1.807, 2.05) is 0 Å². The number of amides is 1. The molecular weight excluding hydrogens is 246 g/mol. The van der Waals surface area contributed by atoms with Gasteiger partial charge >= 0.3 is 0 Å². The maximum absolute atomic E-state index is 11.8. The van der Waals surface area contributed by atoms with Gasteiger partial charge in [0.1, 0.15) is 0 Å². The van der Waals surface area contributed by atoms with Gasteiger partial charge in [0.15, 0.2) is 5.76 Å². The van der Waals surface area contributed by atoms with E-state index in [4.69, 9.17) is 9.15 Å². The zero-order valence-corrected chi connectivity index (χ0v) is 10.4. The number of nitrogens with zero attached hydrogens (tertiary/aromatic N) is 2. The summed E-state index contributed by atoms with van der Waals surface area (Å²) in [5.41, 5.74) is 0.652. The van der Waals surface area contributed by atoms with E-state index in [0.29, 0.717) is 5.69 Å². The lowest BCUT2D eigenvalue weighted by molar-refractivity contribution is 0.0940. The Kier molecular flexibility index (Phi) is 3.33. The Morgan fingerprint density at radius 1 is 1.58 bits per heavy atom. The highest BCUT2D eigenvalue weighted by atomic mass is 16.5. The summed E-state index contributed by atoms with van der Waals surface area (Å²) in [6.45, 7) is 1.55. The van der Waals surface area contributed by atoms with Gasteiger partial charge in [-0.2, -0.15) is 5.10 Å². The van der Waals surface area contributed by atoms with Crippen molar-refractivity contribution in [3.8, 4) is 0 Å². The predicted molar refractivity (Wildman–Crippen MR) is 67.9 cm³/mol. The molecule has 3 rings (SSSR count). The van der Waals surface area contributed by atoms with Gasteiger partial charge in [-0.05, 0) is 25.0 Å². The van der Waals surface area contributed by atoms with Gasteiger partial charge in [0.2, 0.25) is 0 Å². The zero-order chi connectivity index (χ0) is 13.1. The molecule has 0 spiro atoms. The molecule has 0 radical (unpaired) electrons. The molecule has 0 aromatic carbocycles. The summed E-state index contributed by atoms with van der Waals surface area (Å²) in [6, 6.07) is 3.29. The second kappa shape index (κ2) is 5.27. The van der Waals surface area contributed by atoms with Crippen LogP contribution in [0.4, 0.5) is 5.69 Å². The Hall–Kier alpha value is -2.08. The molecule has 2 aromatic rings. The fraction of sp³-hybridized carbons (Fsp3) is 0.385. The monoisotopic (exact) mass is 261 g/mol. The normalized spacial score (nSPS) is 18.6. The number of ether oxygens (including phenoxy) is 1. The number of carbonyl (C=O) groups is 1. The van der Waals surface area contributed by atoms with Crippen molar-refractivity contribution in [1.82, 2.24) is 9.78 Å². The van der Waals surface area contributed by atoms with Gasteiger partial charge in [0.25, 0.3) is 5.91 Å². The van der Waals surface area contributed by atoms with Crippen LogP contribution in [0.1, 0.15) is 23.4 Å². The molecule has 1 amide bonds. The number of hydrogen-bond donors (Lipinski definition) is 1. The molecule has 100 valence electrons. The van der Waals surface area contributed by atoms with Crippen molar-refractivity contribution in [1.29, 1.82) is 0 Å².